The maximum absolute atomic E-state index is 10.6. The standard InChI is InChI=1S/C5H7NO3.Na.H/c1-5(2)3(7)6-4(8)9-5;;/h1-2H3,(H,6,7,8);;. The van der Waals surface area contributed by atoms with Crippen LogP contribution in [0, 0.1) is 0 Å². The Labute approximate surface area is 80.6 Å². The minimum absolute atomic E-state index is 0. The molecule has 5 heteroatoms. The first-order chi connectivity index (χ1) is 4.02. The molecule has 0 atom stereocenters. The second kappa shape index (κ2) is 2.90. The summed E-state index contributed by atoms with van der Waals surface area (Å²) in [5, 5.41) is 2.01. The summed E-state index contributed by atoms with van der Waals surface area (Å²) in [6, 6.07) is 0. The van der Waals surface area contributed by atoms with Crippen LogP contribution in [0.4, 0.5) is 4.79 Å². The third kappa shape index (κ3) is 1.71. The fourth-order valence-electron chi connectivity index (χ4n) is 0.547. The molecule has 0 radical (unpaired) electrons. The van der Waals surface area contributed by atoms with Crippen molar-refractivity contribution in [1.29, 1.82) is 0 Å². The summed E-state index contributed by atoms with van der Waals surface area (Å²) in [6.45, 7) is 3.07. The molecular formula is C5H8NNaO3. The fourth-order valence-corrected chi connectivity index (χ4v) is 0.547. The van der Waals surface area contributed by atoms with Crippen molar-refractivity contribution in [3.63, 3.8) is 0 Å². The summed E-state index contributed by atoms with van der Waals surface area (Å²) in [6.07, 6.45) is -0.662. The van der Waals surface area contributed by atoms with Gasteiger partial charge in [0.2, 0.25) is 0 Å². The van der Waals surface area contributed by atoms with E-state index in [1.807, 2.05) is 5.32 Å². The summed E-state index contributed by atoms with van der Waals surface area (Å²) in [7, 11) is 0. The summed E-state index contributed by atoms with van der Waals surface area (Å²) < 4.78 is 4.56. The van der Waals surface area contributed by atoms with Crippen LogP contribution in [0.3, 0.4) is 0 Å². The second-order valence-corrected chi connectivity index (χ2v) is 2.35. The van der Waals surface area contributed by atoms with Gasteiger partial charge < -0.3 is 4.74 Å². The van der Waals surface area contributed by atoms with Gasteiger partial charge in [0.15, 0.2) is 5.60 Å². The normalized spacial score (nSPS) is 21.0. The van der Waals surface area contributed by atoms with Crippen LogP contribution < -0.4 is 5.32 Å². The molecule has 2 amide bonds. The van der Waals surface area contributed by atoms with Gasteiger partial charge in [-0.15, -0.1) is 0 Å². The molecule has 1 fully saturated rings. The van der Waals surface area contributed by atoms with Gasteiger partial charge in [-0.3, -0.25) is 10.1 Å². The van der Waals surface area contributed by atoms with Crippen LogP contribution in [-0.4, -0.2) is 47.2 Å². The Morgan fingerprint density at radius 3 is 2.00 bits per heavy atom. The van der Waals surface area contributed by atoms with Crippen molar-refractivity contribution >= 4 is 41.6 Å². The van der Waals surface area contributed by atoms with E-state index < -0.39 is 11.7 Å². The Bertz CT molecular complexity index is 178. The van der Waals surface area contributed by atoms with Gasteiger partial charge in [-0.1, -0.05) is 0 Å². The van der Waals surface area contributed by atoms with Gasteiger partial charge in [-0.2, -0.15) is 0 Å². The number of amides is 2. The predicted octanol–water partition coefficient (Wildman–Crippen LogP) is -0.617. The molecule has 10 heavy (non-hydrogen) atoms. The van der Waals surface area contributed by atoms with Crippen molar-refractivity contribution in [2.45, 2.75) is 19.4 Å². The van der Waals surface area contributed by atoms with E-state index in [0.717, 1.165) is 0 Å². The summed E-state index contributed by atoms with van der Waals surface area (Å²) >= 11 is 0. The van der Waals surface area contributed by atoms with Gasteiger partial charge in [-0.05, 0) is 13.8 Å². The molecule has 1 heterocycles. The zero-order valence-electron chi connectivity index (χ0n) is 5.22. The van der Waals surface area contributed by atoms with Gasteiger partial charge in [0.1, 0.15) is 0 Å². The first kappa shape index (κ1) is 9.94. The number of nitrogens with one attached hydrogen (secondary N) is 1. The molecule has 1 aliphatic heterocycles. The molecule has 52 valence electrons. The Morgan fingerprint density at radius 2 is 1.90 bits per heavy atom. The maximum atomic E-state index is 10.6. The summed E-state index contributed by atoms with van der Waals surface area (Å²) in [5.74, 6) is -0.382. The van der Waals surface area contributed by atoms with Gasteiger partial charge in [0.05, 0.1) is 0 Å². The van der Waals surface area contributed by atoms with Crippen LogP contribution in [0.1, 0.15) is 13.8 Å². The molecule has 0 unspecified atom stereocenters. The number of hydrogen-bond donors (Lipinski definition) is 1. The summed E-state index contributed by atoms with van der Waals surface area (Å²) in [4.78, 5) is 21.0. The Hall–Kier alpha value is -0.0600. The molecule has 1 saturated heterocycles. The zero-order valence-corrected chi connectivity index (χ0v) is 5.22. The average molecular weight is 153 g/mol. The van der Waals surface area contributed by atoms with Crippen LogP contribution >= 0.6 is 0 Å². The Balaban J connectivity index is 0.000000810. The quantitative estimate of drug-likeness (QED) is 0.472. The number of imide groups is 1. The molecule has 0 bridgehead atoms. The van der Waals surface area contributed by atoms with Gasteiger partial charge >= 0.3 is 35.7 Å². The van der Waals surface area contributed by atoms with Crippen molar-refractivity contribution < 1.29 is 14.3 Å². The van der Waals surface area contributed by atoms with Crippen LogP contribution in [0.2, 0.25) is 0 Å². The molecule has 1 rings (SSSR count). The topological polar surface area (TPSA) is 55.4 Å². The fraction of sp³-hybridized carbons (Fsp3) is 0.600. The minimum atomic E-state index is -0.975. The van der Waals surface area contributed by atoms with E-state index in [0.29, 0.717) is 0 Å². The van der Waals surface area contributed by atoms with Crippen LogP contribution in [0.15, 0.2) is 0 Å². The molecule has 0 aliphatic carbocycles. The van der Waals surface area contributed by atoms with Gasteiger partial charge in [0.25, 0.3) is 5.91 Å². The van der Waals surface area contributed by atoms with Crippen LogP contribution in [-0.2, 0) is 9.53 Å². The summed E-state index contributed by atoms with van der Waals surface area (Å²) in [5.41, 5.74) is -0.975. The number of carbonyl (C=O) groups is 2. The molecule has 0 spiro atoms. The molecule has 0 aromatic rings. The van der Waals surface area contributed by atoms with Crippen molar-refractivity contribution in [3.05, 3.63) is 0 Å². The number of hydrogen-bond acceptors (Lipinski definition) is 3. The first-order valence-electron chi connectivity index (χ1n) is 2.57. The first-order valence-corrected chi connectivity index (χ1v) is 2.57. The van der Waals surface area contributed by atoms with Crippen LogP contribution in [0.25, 0.3) is 0 Å². The van der Waals surface area contributed by atoms with Crippen molar-refractivity contribution in [1.82, 2.24) is 5.32 Å². The number of ether oxygens (including phenoxy) is 1. The molecular weight excluding hydrogens is 145 g/mol. The molecule has 0 aromatic carbocycles. The Kier molecular flexibility index (Phi) is 2.88. The number of rotatable bonds is 0. The van der Waals surface area contributed by atoms with E-state index in [1.54, 1.807) is 0 Å². The van der Waals surface area contributed by atoms with Crippen molar-refractivity contribution in [2.75, 3.05) is 0 Å². The van der Waals surface area contributed by atoms with Gasteiger partial charge in [0, 0.05) is 0 Å². The van der Waals surface area contributed by atoms with E-state index in [1.165, 1.54) is 13.8 Å². The molecule has 4 nitrogen and oxygen atoms in total. The SMILES string of the molecule is CC1(C)OC(=O)NC1=O.[NaH]. The van der Waals surface area contributed by atoms with E-state index in [2.05, 4.69) is 4.74 Å². The van der Waals surface area contributed by atoms with E-state index in [-0.39, 0.29) is 35.5 Å². The predicted molar refractivity (Wildman–Crippen MR) is 35.9 cm³/mol. The molecule has 1 N–H and O–H groups in total. The third-order valence-electron chi connectivity index (χ3n) is 1.11. The van der Waals surface area contributed by atoms with Crippen molar-refractivity contribution in [3.8, 4) is 0 Å². The van der Waals surface area contributed by atoms with Crippen molar-refractivity contribution in [2.24, 2.45) is 0 Å². The molecule has 1 aliphatic rings. The Morgan fingerprint density at radius 1 is 1.40 bits per heavy atom. The van der Waals surface area contributed by atoms with E-state index in [9.17, 15) is 9.59 Å². The van der Waals surface area contributed by atoms with Crippen LogP contribution in [0.5, 0.6) is 0 Å². The average Bonchev–Trinajstić information content (AvgIpc) is 1.79. The number of alkyl carbamates (subject to hydrolysis) is 1. The molecule has 0 saturated carbocycles. The zero-order chi connectivity index (χ0) is 7.07. The molecule has 0 aromatic heterocycles. The number of carbonyl (C=O) groups excluding carboxylic acids is 2. The number of cyclic esters (lactones) is 1. The monoisotopic (exact) mass is 153 g/mol. The van der Waals surface area contributed by atoms with Gasteiger partial charge in [-0.25, -0.2) is 4.79 Å². The third-order valence-corrected chi connectivity index (χ3v) is 1.11. The van der Waals surface area contributed by atoms with E-state index in [4.69, 9.17) is 0 Å². The second-order valence-electron chi connectivity index (χ2n) is 2.35. The van der Waals surface area contributed by atoms with E-state index >= 15 is 0 Å².